The molecule has 0 fully saturated rings. The fourth-order valence-electron chi connectivity index (χ4n) is 0.998. The molecule has 3 nitrogen and oxygen atoms in total. The molecule has 0 spiro atoms. The van der Waals surface area contributed by atoms with Crippen LogP contribution < -0.4 is 0 Å². The van der Waals surface area contributed by atoms with Gasteiger partial charge in [0.15, 0.2) is 0 Å². The van der Waals surface area contributed by atoms with E-state index >= 15 is 0 Å². The third kappa shape index (κ3) is 2.95. The van der Waals surface area contributed by atoms with Crippen molar-refractivity contribution in [2.24, 2.45) is 0 Å². The van der Waals surface area contributed by atoms with Crippen molar-refractivity contribution in [1.29, 1.82) is 0 Å². The minimum absolute atomic E-state index is 0.522. The molecule has 13 heavy (non-hydrogen) atoms. The van der Waals surface area contributed by atoms with Crippen LogP contribution in [-0.4, -0.2) is 15.1 Å². The summed E-state index contributed by atoms with van der Waals surface area (Å²) in [6.45, 7) is 5.46. The van der Waals surface area contributed by atoms with Gasteiger partial charge in [0.25, 0.3) is 0 Å². The van der Waals surface area contributed by atoms with Gasteiger partial charge in [0.1, 0.15) is 0 Å². The van der Waals surface area contributed by atoms with E-state index in [0.717, 1.165) is 12.1 Å². The summed E-state index contributed by atoms with van der Waals surface area (Å²) in [5.41, 5.74) is 1.49. The van der Waals surface area contributed by atoms with Crippen LogP contribution in [0.4, 0.5) is 0 Å². The smallest absolute Gasteiger partial charge is 0.0978 e. The Balaban J connectivity index is 2.60. The van der Waals surface area contributed by atoms with Crippen molar-refractivity contribution >= 4 is 0 Å². The van der Waals surface area contributed by atoms with E-state index in [9.17, 15) is 5.11 Å². The van der Waals surface area contributed by atoms with Gasteiger partial charge in [-0.2, -0.15) is 0 Å². The van der Waals surface area contributed by atoms with Crippen molar-refractivity contribution in [2.45, 2.75) is 25.9 Å². The van der Waals surface area contributed by atoms with Crippen LogP contribution in [0.1, 0.15) is 30.3 Å². The first-order chi connectivity index (χ1) is 6.24. The summed E-state index contributed by atoms with van der Waals surface area (Å²) in [7, 11) is 0. The lowest BCUT2D eigenvalue weighted by Gasteiger charge is -2.07. The summed E-state index contributed by atoms with van der Waals surface area (Å²) in [6.07, 6.45) is 5.98. The zero-order chi connectivity index (χ0) is 9.68. The largest absolute Gasteiger partial charge is 0.387 e. The summed E-state index contributed by atoms with van der Waals surface area (Å²) >= 11 is 0. The first-order valence-corrected chi connectivity index (χ1v) is 4.31. The molecule has 1 unspecified atom stereocenters. The van der Waals surface area contributed by atoms with Crippen LogP contribution in [-0.2, 0) is 0 Å². The van der Waals surface area contributed by atoms with Gasteiger partial charge in [-0.05, 0) is 19.8 Å². The zero-order valence-electron chi connectivity index (χ0n) is 7.77. The van der Waals surface area contributed by atoms with Gasteiger partial charge in [-0.25, -0.2) is 0 Å². The highest BCUT2D eigenvalue weighted by atomic mass is 16.3. The molecule has 70 valence electrons. The molecule has 3 heteroatoms. The highest BCUT2D eigenvalue weighted by Crippen LogP contribution is 2.14. The molecular formula is C10H14N2O. The normalized spacial score (nSPS) is 12.5. The lowest BCUT2D eigenvalue weighted by atomic mass is 10.1. The average molecular weight is 178 g/mol. The Morgan fingerprint density at radius 2 is 2.31 bits per heavy atom. The quantitative estimate of drug-likeness (QED) is 0.715. The van der Waals surface area contributed by atoms with Crippen molar-refractivity contribution in [3.8, 4) is 0 Å². The predicted molar refractivity (Wildman–Crippen MR) is 51.2 cm³/mol. The van der Waals surface area contributed by atoms with E-state index in [4.69, 9.17) is 0 Å². The Morgan fingerprint density at radius 1 is 1.54 bits per heavy atom. The van der Waals surface area contributed by atoms with Crippen LogP contribution in [0.3, 0.4) is 0 Å². The third-order valence-electron chi connectivity index (χ3n) is 1.79. The Kier molecular flexibility index (Phi) is 3.58. The highest BCUT2D eigenvalue weighted by molar-refractivity contribution is 5.03. The van der Waals surface area contributed by atoms with E-state index in [0.29, 0.717) is 12.1 Å². The number of aromatic nitrogens is 2. The summed E-state index contributed by atoms with van der Waals surface area (Å²) in [5.74, 6) is 0. The Morgan fingerprint density at radius 3 is 2.85 bits per heavy atom. The number of aliphatic hydroxyl groups excluding tert-OH is 1. The van der Waals surface area contributed by atoms with Crippen LogP contribution >= 0.6 is 0 Å². The molecule has 1 aromatic rings. The topological polar surface area (TPSA) is 46.0 Å². The molecule has 1 atom stereocenters. The van der Waals surface area contributed by atoms with Gasteiger partial charge < -0.3 is 5.11 Å². The van der Waals surface area contributed by atoms with E-state index in [2.05, 4.69) is 16.5 Å². The number of rotatable bonds is 4. The molecule has 0 aliphatic carbocycles. The number of hydrogen-bond donors (Lipinski definition) is 1. The minimum atomic E-state index is -0.522. The predicted octanol–water partition coefficient (Wildman–Crippen LogP) is 1.78. The van der Waals surface area contributed by atoms with Crippen molar-refractivity contribution in [3.05, 3.63) is 36.4 Å². The van der Waals surface area contributed by atoms with Gasteiger partial charge in [-0.1, -0.05) is 6.08 Å². The molecule has 0 saturated carbocycles. The Bertz CT molecular complexity index is 269. The molecule has 0 aliphatic heterocycles. The second kappa shape index (κ2) is 4.72. The summed E-state index contributed by atoms with van der Waals surface area (Å²) in [4.78, 5) is 8.14. The second-order valence-electron chi connectivity index (χ2n) is 2.96. The zero-order valence-corrected chi connectivity index (χ0v) is 7.77. The second-order valence-corrected chi connectivity index (χ2v) is 2.96. The molecule has 1 heterocycles. The lowest BCUT2D eigenvalue weighted by Crippen LogP contribution is -2.01. The van der Waals surface area contributed by atoms with Crippen LogP contribution in [0, 0.1) is 6.92 Å². The fraction of sp³-hybridized carbons (Fsp3) is 0.400. The molecule has 0 amide bonds. The van der Waals surface area contributed by atoms with E-state index < -0.39 is 6.10 Å². The number of allylic oxidation sites excluding steroid dienone is 1. The maximum Gasteiger partial charge on any atom is 0.0978 e. The first-order valence-electron chi connectivity index (χ1n) is 4.31. The third-order valence-corrected chi connectivity index (χ3v) is 1.79. The SMILES string of the molecule is C=CCCC(O)c1cnc(C)cn1. The number of nitrogens with zero attached hydrogens (tertiary/aromatic N) is 2. The maximum atomic E-state index is 9.59. The van der Waals surface area contributed by atoms with Crippen LogP contribution in [0.15, 0.2) is 25.0 Å². The van der Waals surface area contributed by atoms with E-state index in [1.807, 2.05) is 6.92 Å². The van der Waals surface area contributed by atoms with Gasteiger partial charge in [-0.3, -0.25) is 9.97 Å². The average Bonchev–Trinajstić information content (AvgIpc) is 2.15. The number of aliphatic hydroxyl groups is 1. The van der Waals surface area contributed by atoms with Gasteiger partial charge >= 0.3 is 0 Å². The molecule has 1 N–H and O–H groups in total. The van der Waals surface area contributed by atoms with Crippen LogP contribution in [0.5, 0.6) is 0 Å². The molecule has 1 rings (SSSR count). The molecule has 0 aromatic carbocycles. The number of hydrogen-bond acceptors (Lipinski definition) is 3. The number of aryl methyl sites for hydroxylation is 1. The minimum Gasteiger partial charge on any atom is -0.387 e. The van der Waals surface area contributed by atoms with E-state index in [1.165, 1.54) is 0 Å². The maximum absolute atomic E-state index is 9.59. The summed E-state index contributed by atoms with van der Waals surface area (Å²) < 4.78 is 0. The van der Waals surface area contributed by atoms with Gasteiger partial charge in [0, 0.05) is 6.20 Å². The highest BCUT2D eigenvalue weighted by Gasteiger charge is 2.07. The lowest BCUT2D eigenvalue weighted by molar-refractivity contribution is 0.163. The van der Waals surface area contributed by atoms with Crippen molar-refractivity contribution in [3.63, 3.8) is 0 Å². The first kappa shape index (κ1) is 9.86. The summed E-state index contributed by atoms with van der Waals surface area (Å²) in [5, 5.41) is 9.59. The molecule has 1 aromatic heterocycles. The van der Waals surface area contributed by atoms with Crippen molar-refractivity contribution in [2.75, 3.05) is 0 Å². The van der Waals surface area contributed by atoms with E-state index in [-0.39, 0.29) is 0 Å². The van der Waals surface area contributed by atoms with Gasteiger partial charge in [-0.15, -0.1) is 6.58 Å². The van der Waals surface area contributed by atoms with Gasteiger partial charge in [0.2, 0.25) is 0 Å². The van der Waals surface area contributed by atoms with Gasteiger partial charge in [0.05, 0.1) is 23.7 Å². The molecule has 0 radical (unpaired) electrons. The van der Waals surface area contributed by atoms with Crippen LogP contribution in [0.2, 0.25) is 0 Å². The molecular weight excluding hydrogens is 164 g/mol. The van der Waals surface area contributed by atoms with Crippen molar-refractivity contribution in [1.82, 2.24) is 9.97 Å². The Hall–Kier alpha value is -1.22. The molecule has 0 saturated heterocycles. The standard InChI is InChI=1S/C10H14N2O/c1-3-4-5-10(13)9-7-11-8(2)6-12-9/h3,6-7,10,13H,1,4-5H2,2H3. The molecule has 0 bridgehead atoms. The monoisotopic (exact) mass is 178 g/mol. The van der Waals surface area contributed by atoms with E-state index in [1.54, 1.807) is 18.5 Å². The molecule has 0 aliphatic rings. The van der Waals surface area contributed by atoms with Crippen molar-refractivity contribution < 1.29 is 5.11 Å². The fourth-order valence-corrected chi connectivity index (χ4v) is 0.998. The Labute approximate surface area is 78.2 Å². The van der Waals surface area contributed by atoms with Crippen LogP contribution in [0.25, 0.3) is 0 Å². The summed E-state index contributed by atoms with van der Waals surface area (Å²) in [6, 6.07) is 0.